The monoisotopic (exact) mass is 446 g/mol. The highest BCUT2D eigenvalue weighted by molar-refractivity contribution is 5.80. The number of hydrazone groups is 1. The van der Waals surface area contributed by atoms with Gasteiger partial charge in [-0.1, -0.05) is 30.3 Å². The van der Waals surface area contributed by atoms with Gasteiger partial charge >= 0.3 is 5.69 Å². The second-order valence-corrected chi connectivity index (χ2v) is 7.57. The first-order valence-corrected chi connectivity index (χ1v) is 10.7. The van der Waals surface area contributed by atoms with Gasteiger partial charge in [0.2, 0.25) is 5.95 Å². The van der Waals surface area contributed by atoms with Gasteiger partial charge in [0.1, 0.15) is 5.75 Å². The maximum atomic E-state index is 12.9. The Kier molecular flexibility index (Phi) is 6.39. The number of imidazole rings is 1. The fraction of sp³-hybridized carbons (Fsp3) is 0.250. The first-order valence-electron chi connectivity index (χ1n) is 10.7. The molecule has 170 valence electrons. The predicted octanol–water partition coefficient (Wildman–Crippen LogP) is 2.52. The van der Waals surface area contributed by atoms with Gasteiger partial charge in [-0.3, -0.25) is 13.9 Å². The van der Waals surface area contributed by atoms with Crippen LogP contribution in [0.25, 0.3) is 11.2 Å². The van der Waals surface area contributed by atoms with Crippen molar-refractivity contribution >= 4 is 23.3 Å². The predicted molar refractivity (Wildman–Crippen MR) is 129 cm³/mol. The Morgan fingerprint density at radius 2 is 1.76 bits per heavy atom. The molecule has 0 aliphatic carbocycles. The Balaban J connectivity index is 1.68. The molecule has 0 spiro atoms. The SMILES string of the molecule is CCOc1ccc(/C=N\Nc2nc3c(c(=O)n(C)c(=O)n3C)n2CCc2ccccc2)cc1. The van der Waals surface area contributed by atoms with E-state index < -0.39 is 11.2 Å². The maximum Gasteiger partial charge on any atom is 0.332 e. The van der Waals surface area contributed by atoms with Crippen molar-refractivity contribution in [1.82, 2.24) is 18.7 Å². The van der Waals surface area contributed by atoms with Crippen LogP contribution in [0.3, 0.4) is 0 Å². The molecule has 2 heterocycles. The van der Waals surface area contributed by atoms with Crippen LogP contribution in [-0.4, -0.2) is 31.5 Å². The zero-order valence-corrected chi connectivity index (χ0v) is 18.9. The van der Waals surface area contributed by atoms with Crippen LogP contribution in [0.2, 0.25) is 0 Å². The number of aromatic nitrogens is 4. The van der Waals surface area contributed by atoms with Gasteiger partial charge in [-0.15, -0.1) is 0 Å². The summed E-state index contributed by atoms with van der Waals surface area (Å²) in [6.45, 7) is 3.04. The first-order chi connectivity index (χ1) is 16.0. The molecule has 0 fully saturated rings. The zero-order chi connectivity index (χ0) is 23.4. The van der Waals surface area contributed by atoms with Gasteiger partial charge < -0.3 is 9.30 Å². The Labute approximate surface area is 190 Å². The van der Waals surface area contributed by atoms with E-state index in [1.807, 2.05) is 61.5 Å². The summed E-state index contributed by atoms with van der Waals surface area (Å²) in [6, 6.07) is 17.5. The van der Waals surface area contributed by atoms with Gasteiger partial charge in [-0.25, -0.2) is 10.2 Å². The van der Waals surface area contributed by atoms with Crippen LogP contribution in [0.1, 0.15) is 18.1 Å². The fourth-order valence-corrected chi connectivity index (χ4v) is 3.62. The third kappa shape index (κ3) is 4.57. The molecule has 0 amide bonds. The molecule has 0 aliphatic rings. The van der Waals surface area contributed by atoms with E-state index in [0.29, 0.717) is 36.7 Å². The van der Waals surface area contributed by atoms with Crippen molar-refractivity contribution < 1.29 is 4.74 Å². The first kappa shape index (κ1) is 22.1. The fourth-order valence-electron chi connectivity index (χ4n) is 3.62. The quantitative estimate of drug-likeness (QED) is 0.332. The molecule has 1 N–H and O–H groups in total. The molecule has 9 heteroatoms. The van der Waals surface area contributed by atoms with E-state index in [1.54, 1.807) is 17.8 Å². The van der Waals surface area contributed by atoms with Crippen molar-refractivity contribution in [3.63, 3.8) is 0 Å². The number of rotatable bonds is 8. The van der Waals surface area contributed by atoms with Crippen LogP contribution >= 0.6 is 0 Å². The number of anilines is 1. The second kappa shape index (κ2) is 9.56. The van der Waals surface area contributed by atoms with Crippen molar-refractivity contribution in [3.8, 4) is 5.75 Å². The molecular weight excluding hydrogens is 420 g/mol. The normalized spacial score (nSPS) is 11.4. The minimum atomic E-state index is -0.426. The van der Waals surface area contributed by atoms with Crippen LogP contribution in [0, 0.1) is 0 Å². The Hall–Kier alpha value is -4.14. The van der Waals surface area contributed by atoms with Crippen molar-refractivity contribution in [3.05, 3.63) is 86.6 Å². The Morgan fingerprint density at radius 1 is 1.03 bits per heavy atom. The number of ether oxygens (including phenoxy) is 1. The minimum absolute atomic E-state index is 0.315. The van der Waals surface area contributed by atoms with E-state index in [-0.39, 0.29) is 0 Å². The van der Waals surface area contributed by atoms with Crippen LogP contribution in [0.15, 0.2) is 69.3 Å². The molecule has 0 bridgehead atoms. The summed E-state index contributed by atoms with van der Waals surface area (Å²) in [5.74, 6) is 1.18. The van der Waals surface area contributed by atoms with E-state index in [4.69, 9.17) is 4.74 Å². The molecule has 2 aromatic carbocycles. The largest absolute Gasteiger partial charge is 0.494 e. The van der Waals surface area contributed by atoms with Gasteiger partial charge in [-0.2, -0.15) is 10.1 Å². The van der Waals surface area contributed by atoms with Gasteiger partial charge in [0, 0.05) is 20.6 Å². The number of aryl methyl sites for hydroxylation is 3. The van der Waals surface area contributed by atoms with Crippen LogP contribution in [0.4, 0.5) is 5.95 Å². The molecule has 0 saturated heterocycles. The van der Waals surface area contributed by atoms with Crippen LogP contribution in [0.5, 0.6) is 5.75 Å². The molecule has 4 aromatic rings. The highest BCUT2D eigenvalue weighted by atomic mass is 16.5. The summed E-state index contributed by atoms with van der Waals surface area (Å²) >= 11 is 0. The highest BCUT2D eigenvalue weighted by Crippen LogP contribution is 2.17. The second-order valence-electron chi connectivity index (χ2n) is 7.57. The summed E-state index contributed by atoms with van der Waals surface area (Å²) in [7, 11) is 3.07. The zero-order valence-electron chi connectivity index (χ0n) is 18.9. The average molecular weight is 447 g/mol. The molecule has 9 nitrogen and oxygen atoms in total. The molecule has 0 radical (unpaired) electrons. The summed E-state index contributed by atoms with van der Waals surface area (Å²) in [6.07, 6.45) is 2.35. The molecule has 0 aliphatic heterocycles. The van der Waals surface area contributed by atoms with Gasteiger partial charge in [-0.05, 0) is 48.7 Å². The Bertz CT molecular complexity index is 1400. The maximum absolute atomic E-state index is 12.9. The molecule has 0 atom stereocenters. The molecule has 4 rings (SSSR count). The number of hydrogen-bond acceptors (Lipinski definition) is 6. The number of fused-ring (bicyclic) bond motifs is 1. The smallest absolute Gasteiger partial charge is 0.332 e. The molecule has 0 unspecified atom stereocenters. The Morgan fingerprint density at radius 3 is 2.45 bits per heavy atom. The minimum Gasteiger partial charge on any atom is -0.494 e. The van der Waals surface area contributed by atoms with Crippen LogP contribution in [-0.2, 0) is 27.1 Å². The summed E-state index contributed by atoms with van der Waals surface area (Å²) < 4.78 is 9.70. The number of benzene rings is 2. The van der Waals surface area contributed by atoms with Gasteiger partial charge in [0.15, 0.2) is 11.2 Å². The van der Waals surface area contributed by atoms with Gasteiger partial charge in [0.25, 0.3) is 5.56 Å². The van der Waals surface area contributed by atoms with E-state index in [2.05, 4.69) is 15.5 Å². The standard InChI is InChI=1S/C24H26N6O3/c1-4-33-19-12-10-18(11-13-19)16-25-27-23-26-21-20(22(31)29(3)24(32)28(21)2)30(23)15-14-17-8-6-5-7-9-17/h5-13,16H,4,14-15H2,1-3H3,(H,26,27)/b25-16-. The van der Waals surface area contributed by atoms with Crippen molar-refractivity contribution in [2.45, 2.75) is 19.9 Å². The lowest BCUT2D eigenvalue weighted by Gasteiger charge is -2.09. The third-order valence-corrected chi connectivity index (χ3v) is 5.38. The third-order valence-electron chi connectivity index (χ3n) is 5.38. The van der Waals surface area contributed by atoms with E-state index in [9.17, 15) is 9.59 Å². The lowest BCUT2D eigenvalue weighted by Crippen LogP contribution is -2.37. The lowest BCUT2D eigenvalue weighted by molar-refractivity contribution is 0.340. The average Bonchev–Trinajstić information content (AvgIpc) is 3.20. The lowest BCUT2D eigenvalue weighted by atomic mass is 10.1. The van der Waals surface area contributed by atoms with Gasteiger partial charge in [0.05, 0.1) is 12.8 Å². The number of nitrogens with one attached hydrogen (secondary N) is 1. The van der Waals surface area contributed by atoms with E-state index >= 15 is 0 Å². The topological polar surface area (TPSA) is 95.4 Å². The molecule has 33 heavy (non-hydrogen) atoms. The highest BCUT2D eigenvalue weighted by Gasteiger charge is 2.19. The molecule has 0 saturated carbocycles. The van der Waals surface area contributed by atoms with Crippen molar-refractivity contribution in [1.29, 1.82) is 0 Å². The molecular formula is C24H26N6O3. The van der Waals surface area contributed by atoms with Crippen LogP contribution < -0.4 is 21.4 Å². The summed E-state index contributed by atoms with van der Waals surface area (Å²) in [5, 5.41) is 4.31. The van der Waals surface area contributed by atoms with Crippen molar-refractivity contribution in [2.75, 3.05) is 12.0 Å². The number of nitrogens with zero attached hydrogens (tertiary/aromatic N) is 5. The van der Waals surface area contributed by atoms with Crippen molar-refractivity contribution in [2.24, 2.45) is 19.2 Å². The summed E-state index contributed by atoms with van der Waals surface area (Å²) in [4.78, 5) is 29.9. The summed E-state index contributed by atoms with van der Waals surface area (Å²) in [5.41, 5.74) is 4.81. The molecule has 2 aromatic heterocycles. The van der Waals surface area contributed by atoms with E-state index in [0.717, 1.165) is 21.4 Å². The number of hydrogen-bond donors (Lipinski definition) is 1. The van der Waals surface area contributed by atoms with E-state index in [1.165, 1.54) is 11.6 Å².